The molecule has 21 heavy (non-hydrogen) atoms. The van der Waals surface area contributed by atoms with Crippen molar-refractivity contribution in [1.29, 1.82) is 0 Å². The molecule has 110 valence electrons. The second-order valence-electron chi connectivity index (χ2n) is 5.81. The van der Waals surface area contributed by atoms with Gasteiger partial charge in [0, 0.05) is 0 Å². The Labute approximate surface area is 132 Å². The average molecular weight is 316 g/mol. The average Bonchev–Trinajstić information content (AvgIpc) is 2.91. The highest BCUT2D eigenvalue weighted by atomic mass is 32.4. The van der Waals surface area contributed by atoms with Gasteiger partial charge >= 0.3 is 0 Å². The van der Waals surface area contributed by atoms with Crippen molar-refractivity contribution in [1.82, 2.24) is 0 Å². The van der Waals surface area contributed by atoms with Crippen LogP contribution in [0.1, 0.15) is 30.9 Å². The van der Waals surface area contributed by atoms with E-state index < -0.39 is 6.04 Å². The number of aliphatic hydroxyl groups is 1. The number of rotatable bonds is 4. The Morgan fingerprint density at radius 1 is 1.05 bits per heavy atom. The van der Waals surface area contributed by atoms with E-state index in [9.17, 15) is 5.11 Å². The summed E-state index contributed by atoms with van der Waals surface area (Å²) in [5, 5.41) is 11.9. The Balaban J connectivity index is 1.80. The van der Waals surface area contributed by atoms with Crippen LogP contribution in [0.3, 0.4) is 0 Å². The quantitative estimate of drug-likeness (QED) is 0.858. The summed E-state index contributed by atoms with van der Waals surface area (Å²) in [6, 6.07) is 19.0. The molecule has 1 aliphatic heterocycles. The number of benzene rings is 2. The lowest BCUT2D eigenvalue weighted by Gasteiger charge is -2.27. The molecule has 0 aromatic heterocycles. The Kier molecular flexibility index (Phi) is 4.59. The molecule has 1 heterocycles. The van der Waals surface area contributed by atoms with Crippen molar-refractivity contribution in [3.8, 4) is 0 Å². The topological polar surface area (TPSA) is 20.2 Å². The second-order valence-corrected chi connectivity index (χ2v) is 11.1. The summed E-state index contributed by atoms with van der Waals surface area (Å²) in [6.45, 7) is 0. The van der Waals surface area contributed by atoms with Gasteiger partial charge in [-0.05, 0) is 48.0 Å². The number of hydrogen-bond acceptors (Lipinski definition) is 2. The Morgan fingerprint density at radius 3 is 2.33 bits per heavy atom. The van der Waals surface area contributed by atoms with E-state index in [0.717, 1.165) is 24.6 Å². The molecule has 0 radical (unpaired) electrons. The molecule has 0 saturated carbocycles. The minimum absolute atomic E-state index is 0.389. The van der Waals surface area contributed by atoms with E-state index in [4.69, 9.17) is 11.8 Å². The summed E-state index contributed by atoms with van der Waals surface area (Å²) >= 11 is 6.12. The summed E-state index contributed by atoms with van der Waals surface area (Å²) < 4.78 is 0. The molecule has 3 unspecified atom stereocenters. The Bertz CT molecular complexity index is 626. The maximum absolute atomic E-state index is 10.5. The van der Waals surface area contributed by atoms with Crippen LogP contribution in [0.25, 0.3) is 0 Å². The first kappa shape index (κ1) is 15.0. The van der Waals surface area contributed by atoms with Crippen molar-refractivity contribution in [3.63, 3.8) is 0 Å². The summed E-state index contributed by atoms with van der Waals surface area (Å²) in [5.41, 5.74) is 1.49. The molecule has 1 nitrogen and oxygen atoms in total. The SMILES string of the molecule is OC(CC1CCCP1(=S)c1ccccc1)c1ccccc1. The minimum atomic E-state index is -1.53. The first-order valence-electron chi connectivity index (χ1n) is 7.57. The van der Waals surface area contributed by atoms with Gasteiger partial charge in [-0.1, -0.05) is 72.5 Å². The lowest BCUT2D eigenvalue weighted by molar-refractivity contribution is 0.166. The van der Waals surface area contributed by atoms with Crippen LogP contribution in [-0.4, -0.2) is 16.9 Å². The van der Waals surface area contributed by atoms with Gasteiger partial charge < -0.3 is 5.11 Å². The van der Waals surface area contributed by atoms with Crippen LogP contribution in [0.2, 0.25) is 0 Å². The highest BCUT2D eigenvalue weighted by molar-refractivity contribution is 8.18. The van der Waals surface area contributed by atoms with Crippen LogP contribution in [0, 0.1) is 0 Å². The molecule has 2 aromatic rings. The lowest BCUT2D eigenvalue weighted by atomic mass is 10.0. The largest absolute Gasteiger partial charge is 0.388 e. The zero-order valence-electron chi connectivity index (χ0n) is 12.1. The van der Waals surface area contributed by atoms with Crippen LogP contribution in [-0.2, 0) is 11.8 Å². The molecular formula is C18H21OPS. The van der Waals surface area contributed by atoms with Crippen LogP contribution in [0.15, 0.2) is 60.7 Å². The predicted octanol–water partition coefficient (Wildman–Crippen LogP) is 4.08. The molecule has 0 aliphatic carbocycles. The van der Waals surface area contributed by atoms with Crippen LogP contribution >= 0.6 is 6.04 Å². The minimum Gasteiger partial charge on any atom is -0.388 e. The summed E-state index contributed by atoms with van der Waals surface area (Å²) in [6.07, 6.45) is 3.93. The zero-order chi connectivity index (χ0) is 14.7. The number of hydrogen-bond donors (Lipinski definition) is 1. The van der Waals surface area contributed by atoms with Crippen LogP contribution < -0.4 is 5.30 Å². The molecule has 0 spiro atoms. The van der Waals surface area contributed by atoms with Gasteiger partial charge in [-0.25, -0.2) is 0 Å². The van der Waals surface area contributed by atoms with Crippen molar-refractivity contribution in [2.45, 2.75) is 31.0 Å². The fraction of sp³-hybridized carbons (Fsp3) is 0.333. The smallest absolute Gasteiger partial charge is 0.0796 e. The van der Waals surface area contributed by atoms with Gasteiger partial charge in [-0.2, -0.15) is 0 Å². The standard InChI is InChI=1S/C18H21OPS/c19-18(15-8-3-1-4-9-15)14-17-12-7-13-20(17,21)16-10-5-2-6-11-16/h1-6,8-11,17-19H,7,12-14H2. The molecular weight excluding hydrogens is 295 g/mol. The van der Waals surface area contributed by atoms with Crippen molar-refractivity contribution < 1.29 is 5.11 Å². The van der Waals surface area contributed by atoms with Gasteiger partial charge in [0.25, 0.3) is 0 Å². The normalized spacial score (nSPS) is 26.6. The molecule has 1 N–H and O–H groups in total. The molecule has 1 fully saturated rings. The van der Waals surface area contributed by atoms with Gasteiger partial charge in [0.1, 0.15) is 0 Å². The predicted molar refractivity (Wildman–Crippen MR) is 94.3 cm³/mol. The highest BCUT2D eigenvalue weighted by Gasteiger charge is 2.36. The van der Waals surface area contributed by atoms with E-state index in [0.29, 0.717) is 5.66 Å². The fourth-order valence-corrected chi connectivity index (χ4v) is 8.17. The van der Waals surface area contributed by atoms with Gasteiger partial charge in [0.05, 0.1) is 6.10 Å². The molecule has 1 saturated heterocycles. The molecule has 0 amide bonds. The maximum atomic E-state index is 10.5. The van der Waals surface area contributed by atoms with Crippen molar-refractivity contribution in [2.24, 2.45) is 0 Å². The van der Waals surface area contributed by atoms with Gasteiger partial charge in [-0.15, -0.1) is 0 Å². The molecule has 3 atom stereocenters. The third kappa shape index (κ3) is 3.13. The molecule has 3 rings (SSSR count). The van der Waals surface area contributed by atoms with Crippen molar-refractivity contribution in [3.05, 3.63) is 66.2 Å². The van der Waals surface area contributed by atoms with Crippen LogP contribution in [0.5, 0.6) is 0 Å². The molecule has 2 aromatic carbocycles. The third-order valence-electron chi connectivity index (χ3n) is 4.49. The second kappa shape index (κ2) is 6.44. The van der Waals surface area contributed by atoms with Gasteiger partial charge in [0.2, 0.25) is 0 Å². The molecule has 3 heteroatoms. The summed E-state index contributed by atoms with van der Waals surface area (Å²) in [5.74, 6) is 0. The van der Waals surface area contributed by atoms with Gasteiger partial charge in [-0.3, -0.25) is 0 Å². The van der Waals surface area contributed by atoms with E-state index >= 15 is 0 Å². The summed E-state index contributed by atoms with van der Waals surface area (Å²) in [4.78, 5) is 0. The van der Waals surface area contributed by atoms with Crippen molar-refractivity contribution in [2.75, 3.05) is 6.16 Å². The monoisotopic (exact) mass is 316 g/mol. The van der Waals surface area contributed by atoms with E-state index in [-0.39, 0.29) is 6.10 Å². The summed E-state index contributed by atoms with van der Waals surface area (Å²) in [7, 11) is 0. The van der Waals surface area contributed by atoms with Gasteiger partial charge in [0.15, 0.2) is 0 Å². The van der Waals surface area contributed by atoms with E-state index in [2.05, 4.69) is 30.3 Å². The van der Waals surface area contributed by atoms with E-state index in [1.165, 1.54) is 11.7 Å². The molecule has 1 aliphatic rings. The Morgan fingerprint density at radius 2 is 1.67 bits per heavy atom. The number of aliphatic hydroxyl groups excluding tert-OH is 1. The Hall–Kier alpha value is -0.950. The highest BCUT2D eigenvalue weighted by Crippen LogP contribution is 2.59. The van der Waals surface area contributed by atoms with E-state index in [1.807, 2.05) is 30.3 Å². The third-order valence-corrected chi connectivity index (χ3v) is 10.4. The lowest BCUT2D eigenvalue weighted by Crippen LogP contribution is -2.16. The maximum Gasteiger partial charge on any atom is 0.0796 e. The van der Waals surface area contributed by atoms with Crippen LogP contribution in [0.4, 0.5) is 0 Å². The first-order chi connectivity index (χ1) is 10.2. The van der Waals surface area contributed by atoms with Crippen molar-refractivity contribution >= 4 is 23.1 Å². The molecule has 0 bridgehead atoms. The first-order valence-corrected chi connectivity index (χ1v) is 10.6. The van der Waals surface area contributed by atoms with E-state index in [1.54, 1.807) is 0 Å². The zero-order valence-corrected chi connectivity index (χ0v) is 13.8. The fourth-order valence-electron chi connectivity index (χ4n) is 3.33.